The highest BCUT2D eigenvalue weighted by Gasteiger charge is 2.17. The molecule has 0 aliphatic carbocycles. The first-order valence-corrected chi connectivity index (χ1v) is 9.58. The number of aromatic nitrogens is 4. The molecule has 0 aliphatic rings. The average Bonchev–Trinajstić information content (AvgIpc) is 3.20. The number of benzene rings is 2. The Kier molecular flexibility index (Phi) is 6.84. The molecule has 0 saturated carbocycles. The van der Waals surface area contributed by atoms with Crippen LogP contribution in [0.25, 0.3) is 11.4 Å². The SMILES string of the molecule is CCN(CC(=O)NCc1ccc(F)cc1)C(=O)Cn1nnc(-c2ccc(C)cc2)n1. The van der Waals surface area contributed by atoms with Crippen LogP contribution in [0.3, 0.4) is 0 Å². The zero-order valence-electron chi connectivity index (χ0n) is 16.9. The number of rotatable bonds is 8. The second-order valence-electron chi connectivity index (χ2n) is 6.82. The minimum absolute atomic E-state index is 0.0873. The van der Waals surface area contributed by atoms with Crippen LogP contribution in [-0.4, -0.2) is 50.0 Å². The van der Waals surface area contributed by atoms with Gasteiger partial charge in [-0.05, 0) is 36.8 Å². The molecule has 0 bridgehead atoms. The molecule has 1 aromatic heterocycles. The molecule has 0 atom stereocenters. The third-order valence-electron chi connectivity index (χ3n) is 4.51. The van der Waals surface area contributed by atoms with E-state index in [1.54, 1.807) is 19.1 Å². The van der Waals surface area contributed by atoms with Crippen LogP contribution in [0, 0.1) is 12.7 Å². The molecule has 8 nitrogen and oxygen atoms in total. The van der Waals surface area contributed by atoms with Crippen molar-refractivity contribution in [2.75, 3.05) is 13.1 Å². The first-order valence-electron chi connectivity index (χ1n) is 9.58. The lowest BCUT2D eigenvalue weighted by molar-refractivity contribution is -0.136. The van der Waals surface area contributed by atoms with Crippen LogP contribution >= 0.6 is 0 Å². The Morgan fingerprint density at radius 2 is 1.80 bits per heavy atom. The van der Waals surface area contributed by atoms with Crippen LogP contribution in [0.4, 0.5) is 4.39 Å². The molecule has 0 spiro atoms. The molecule has 0 fully saturated rings. The second-order valence-corrected chi connectivity index (χ2v) is 6.82. The minimum Gasteiger partial charge on any atom is -0.350 e. The Hall–Kier alpha value is -3.62. The van der Waals surface area contributed by atoms with E-state index in [1.165, 1.54) is 21.8 Å². The monoisotopic (exact) mass is 410 g/mol. The van der Waals surface area contributed by atoms with Crippen molar-refractivity contribution >= 4 is 11.8 Å². The molecule has 3 aromatic rings. The minimum atomic E-state index is -0.333. The number of carbonyl (C=O) groups excluding carboxylic acids is 2. The van der Waals surface area contributed by atoms with E-state index in [-0.39, 0.29) is 37.3 Å². The fourth-order valence-electron chi connectivity index (χ4n) is 2.76. The van der Waals surface area contributed by atoms with E-state index in [9.17, 15) is 14.0 Å². The van der Waals surface area contributed by atoms with Gasteiger partial charge in [0.1, 0.15) is 12.4 Å². The Balaban J connectivity index is 1.53. The number of tetrazole rings is 1. The number of nitrogens with one attached hydrogen (secondary N) is 1. The van der Waals surface area contributed by atoms with Crippen LogP contribution in [-0.2, 0) is 22.7 Å². The van der Waals surface area contributed by atoms with Gasteiger partial charge in [0, 0.05) is 18.7 Å². The van der Waals surface area contributed by atoms with E-state index in [1.807, 2.05) is 31.2 Å². The van der Waals surface area contributed by atoms with E-state index in [2.05, 4.69) is 20.7 Å². The Morgan fingerprint density at radius 3 is 2.47 bits per heavy atom. The van der Waals surface area contributed by atoms with Gasteiger partial charge in [-0.3, -0.25) is 9.59 Å². The van der Waals surface area contributed by atoms with Crippen LogP contribution in [0.5, 0.6) is 0 Å². The topological polar surface area (TPSA) is 93.0 Å². The summed E-state index contributed by atoms with van der Waals surface area (Å²) in [4.78, 5) is 27.4. The summed E-state index contributed by atoms with van der Waals surface area (Å²) in [6, 6.07) is 13.5. The van der Waals surface area contributed by atoms with Crippen LogP contribution in [0.1, 0.15) is 18.1 Å². The van der Waals surface area contributed by atoms with Gasteiger partial charge >= 0.3 is 0 Å². The van der Waals surface area contributed by atoms with E-state index < -0.39 is 0 Å². The smallest absolute Gasteiger partial charge is 0.246 e. The largest absolute Gasteiger partial charge is 0.350 e. The van der Waals surface area contributed by atoms with Gasteiger partial charge in [-0.15, -0.1) is 10.2 Å². The molecule has 30 heavy (non-hydrogen) atoms. The van der Waals surface area contributed by atoms with Crippen molar-refractivity contribution in [3.8, 4) is 11.4 Å². The normalized spacial score (nSPS) is 10.6. The zero-order valence-corrected chi connectivity index (χ0v) is 16.9. The van der Waals surface area contributed by atoms with Crippen LogP contribution in [0.15, 0.2) is 48.5 Å². The van der Waals surface area contributed by atoms with Crippen molar-refractivity contribution in [2.24, 2.45) is 0 Å². The number of hydrogen-bond acceptors (Lipinski definition) is 5. The van der Waals surface area contributed by atoms with Crippen molar-refractivity contribution in [1.29, 1.82) is 0 Å². The lowest BCUT2D eigenvalue weighted by Gasteiger charge is -2.20. The molecule has 0 saturated heterocycles. The van der Waals surface area contributed by atoms with E-state index >= 15 is 0 Å². The van der Waals surface area contributed by atoms with Gasteiger partial charge < -0.3 is 10.2 Å². The van der Waals surface area contributed by atoms with Crippen molar-refractivity contribution in [3.63, 3.8) is 0 Å². The third-order valence-corrected chi connectivity index (χ3v) is 4.51. The summed E-state index contributed by atoms with van der Waals surface area (Å²) < 4.78 is 12.9. The predicted molar refractivity (Wildman–Crippen MR) is 108 cm³/mol. The van der Waals surface area contributed by atoms with Crippen molar-refractivity contribution in [1.82, 2.24) is 30.4 Å². The Bertz CT molecular complexity index is 1000. The molecule has 9 heteroatoms. The quantitative estimate of drug-likeness (QED) is 0.613. The zero-order chi connectivity index (χ0) is 21.5. The molecule has 0 unspecified atom stereocenters. The molecule has 3 rings (SSSR count). The highest BCUT2D eigenvalue weighted by molar-refractivity contribution is 5.84. The summed E-state index contributed by atoms with van der Waals surface area (Å²) in [7, 11) is 0. The number of amides is 2. The molecule has 0 radical (unpaired) electrons. The average molecular weight is 410 g/mol. The van der Waals surface area contributed by atoms with Gasteiger partial charge in [0.25, 0.3) is 0 Å². The molecule has 156 valence electrons. The number of carbonyl (C=O) groups is 2. The summed E-state index contributed by atoms with van der Waals surface area (Å²) in [6.07, 6.45) is 0. The number of halogens is 1. The van der Waals surface area contributed by atoms with E-state index in [4.69, 9.17) is 0 Å². The maximum Gasteiger partial charge on any atom is 0.246 e. The number of hydrogen-bond donors (Lipinski definition) is 1. The lowest BCUT2D eigenvalue weighted by Crippen LogP contribution is -2.42. The maximum absolute atomic E-state index is 12.9. The van der Waals surface area contributed by atoms with Gasteiger partial charge in [-0.25, -0.2) is 4.39 Å². The molecule has 0 aliphatic heterocycles. The number of aryl methyl sites for hydroxylation is 1. The first kappa shape index (κ1) is 21.1. The lowest BCUT2D eigenvalue weighted by atomic mass is 10.1. The van der Waals surface area contributed by atoms with Crippen molar-refractivity contribution < 1.29 is 14.0 Å². The molecule has 1 heterocycles. The molecular formula is C21H23FN6O2. The fraction of sp³-hybridized carbons (Fsp3) is 0.286. The van der Waals surface area contributed by atoms with Crippen LogP contribution in [0.2, 0.25) is 0 Å². The Labute approximate surface area is 173 Å². The number of likely N-dealkylation sites (N-methyl/N-ethyl adjacent to an activating group) is 1. The summed E-state index contributed by atoms with van der Waals surface area (Å²) in [5.41, 5.74) is 2.71. The standard InChI is InChI=1S/C21H23FN6O2/c1-3-27(13-19(29)23-12-16-6-10-18(22)11-7-16)20(30)14-28-25-21(24-26-28)17-8-4-15(2)5-9-17/h4-11H,3,12-14H2,1-2H3,(H,23,29). The van der Waals surface area contributed by atoms with Crippen molar-refractivity contribution in [3.05, 3.63) is 65.5 Å². The summed E-state index contributed by atoms with van der Waals surface area (Å²) in [6.45, 7) is 4.20. The van der Waals surface area contributed by atoms with Gasteiger partial charge in [-0.1, -0.05) is 42.0 Å². The summed E-state index contributed by atoms with van der Waals surface area (Å²) >= 11 is 0. The Morgan fingerprint density at radius 1 is 1.10 bits per heavy atom. The maximum atomic E-state index is 12.9. The highest BCUT2D eigenvalue weighted by Crippen LogP contribution is 2.13. The molecule has 2 aromatic carbocycles. The first-order chi connectivity index (χ1) is 14.4. The van der Waals surface area contributed by atoms with Gasteiger partial charge in [0.2, 0.25) is 17.6 Å². The highest BCUT2D eigenvalue weighted by atomic mass is 19.1. The van der Waals surface area contributed by atoms with Crippen molar-refractivity contribution in [2.45, 2.75) is 26.9 Å². The molecule has 2 amide bonds. The number of nitrogens with zero attached hydrogens (tertiary/aromatic N) is 5. The summed E-state index contributed by atoms with van der Waals surface area (Å²) in [5.74, 6) is -0.494. The fourth-order valence-corrected chi connectivity index (χ4v) is 2.76. The van der Waals surface area contributed by atoms with E-state index in [0.717, 1.165) is 16.7 Å². The predicted octanol–water partition coefficient (Wildman–Crippen LogP) is 1.95. The van der Waals surface area contributed by atoms with Crippen LogP contribution < -0.4 is 5.32 Å². The summed E-state index contributed by atoms with van der Waals surface area (Å²) in [5, 5.41) is 14.9. The van der Waals surface area contributed by atoms with Gasteiger partial charge in [0.15, 0.2) is 0 Å². The molecule has 1 N–H and O–H groups in total. The van der Waals surface area contributed by atoms with Gasteiger partial charge in [0.05, 0.1) is 6.54 Å². The van der Waals surface area contributed by atoms with E-state index in [0.29, 0.717) is 12.4 Å². The second kappa shape index (κ2) is 9.73. The third kappa shape index (κ3) is 5.69. The van der Waals surface area contributed by atoms with Gasteiger partial charge in [-0.2, -0.15) is 4.80 Å². The molecular weight excluding hydrogens is 387 g/mol.